The van der Waals surface area contributed by atoms with Crippen molar-refractivity contribution in [2.45, 2.75) is 13.8 Å². The van der Waals surface area contributed by atoms with Crippen LogP contribution in [0.4, 0.5) is 0 Å². The molecule has 20 heavy (non-hydrogen) atoms. The molecule has 0 saturated heterocycles. The number of H-pyrrole nitrogens is 1. The molecular formula is C15H12N2O3. The summed E-state index contributed by atoms with van der Waals surface area (Å²) in [5, 5.41) is 18.1. The van der Waals surface area contributed by atoms with Crippen LogP contribution in [0.2, 0.25) is 0 Å². The summed E-state index contributed by atoms with van der Waals surface area (Å²) < 4.78 is 0. The van der Waals surface area contributed by atoms with E-state index in [2.05, 4.69) is 4.98 Å². The Morgan fingerprint density at radius 2 is 2.00 bits per heavy atom. The molecule has 0 aliphatic heterocycles. The fraction of sp³-hybridized carbons (Fsp3) is 0.133. The third-order valence-corrected chi connectivity index (χ3v) is 3.04. The maximum absolute atomic E-state index is 11.7. The number of nitrogens with one attached hydrogen (secondary N) is 1. The molecule has 0 saturated carbocycles. The number of carbonyl (C=O) groups is 1. The van der Waals surface area contributed by atoms with Gasteiger partial charge in [0.25, 0.3) is 5.56 Å². The number of benzene rings is 1. The number of aromatic amines is 1. The number of aryl methyl sites for hydroxylation is 2. The average molecular weight is 268 g/mol. The first-order chi connectivity index (χ1) is 9.43. The zero-order valence-electron chi connectivity index (χ0n) is 11.0. The Kier molecular flexibility index (Phi) is 3.40. The van der Waals surface area contributed by atoms with Gasteiger partial charge in [-0.15, -0.1) is 0 Å². The van der Waals surface area contributed by atoms with Crippen molar-refractivity contribution in [3.05, 3.63) is 56.9 Å². The van der Waals surface area contributed by atoms with Crippen LogP contribution in [-0.2, 0) is 0 Å². The van der Waals surface area contributed by atoms with Crippen molar-refractivity contribution in [3.63, 3.8) is 0 Å². The normalized spacial score (nSPS) is 10.1. The molecule has 1 aromatic carbocycles. The number of pyridine rings is 1. The third-order valence-electron chi connectivity index (χ3n) is 3.04. The Bertz CT molecular complexity index is 798. The number of aromatic nitrogens is 1. The lowest BCUT2D eigenvalue weighted by atomic mass is 9.98. The van der Waals surface area contributed by atoms with Gasteiger partial charge in [0.15, 0.2) is 0 Å². The maximum Gasteiger partial charge on any atom is 0.337 e. The van der Waals surface area contributed by atoms with E-state index in [-0.39, 0.29) is 16.8 Å². The van der Waals surface area contributed by atoms with Gasteiger partial charge in [-0.1, -0.05) is 23.8 Å². The van der Waals surface area contributed by atoms with E-state index in [1.807, 2.05) is 26.0 Å². The highest BCUT2D eigenvalue weighted by atomic mass is 16.4. The number of carboxylic acid groups (broad SMARTS) is 1. The molecule has 0 aliphatic carbocycles. The summed E-state index contributed by atoms with van der Waals surface area (Å²) in [6.07, 6.45) is 0. The number of hydrogen-bond donors (Lipinski definition) is 2. The molecule has 1 aromatic heterocycles. The van der Waals surface area contributed by atoms with E-state index in [1.165, 1.54) is 0 Å². The van der Waals surface area contributed by atoms with Crippen LogP contribution in [0.3, 0.4) is 0 Å². The van der Waals surface area contributed by atoms with Gasteiger partial charge in [0.05, 0.1) is 11.3 Å². The minimum atomic E-state index is -1.19. The maximum atomic E-state index is 11.7. The summed E-state index contributed by atoms with van der Waals surface area (Å²) in [5.41, 5.74) is 1.86. The second-order valence-corrected chi connectivity index (χ2v) is 4.54. The van der Waals surface area contributed by atoms with E-state index in [9.17, 15) is 14.7 Å². The van der Waals surface area contributed by atoms with Crippen LogP contribution < -0.4 is 5.56 Å². The molecular weight excluding hydrogens is 256 g/mol. The Morgan fingerprint density at radius 3 is 2.55 bits per heavy atom. The van der Waals surface area contributed by atoms with Gasteiger partial charge in [0, 0.05) is 5.56 Å². The number of hydrogen-bond acceptors (Lipinski definition) is 3. The molecule has 0 radical (unpaired) electrons. The average Bonchev–Trinajstić information content (AvgIpc) is 2.38. The van der Waals surface area contributed by atoms with Crippen LogP contribution in [0.1, 0.15) is 27.0 Å². The topological polar surface area (TPSA) is 94.0 Å². The summed E-state index contributed by atoms with van der Waals surface area (Å²) in [6.45, 7) is 3.76. The van der Waals surface area contributed by atoms with E-state index < -0.39 is 11.5 Å². The minimum Gasteiger partial charge on any atom is -0.478 e. The predicted octanol–water partition coefficient (Wildman–Crippen LogP) is 2.23. The predicted molar refractivity (Wildman–Crippen MR) is 73.6 cm³/mol. The molecule has 0 bridgehead atoms. The molecule has 100 valence electrons. The first kappa shape index (κ1) is 13.6. The lowest BCUT2D eigenvalue weighted by Gasteiger charge is -2.10. The molecule has 2 aromatic rings. The van der Waals surface area contributed by atoms with Crippen molar-refractivity contribution in [1.29, 1.82) is 5.26 Å². The molecule has 5 heteroatoms. The van der Waals surface area contributed by atoms with Crippen molar-refractivity contribution in [3.8, 4) is 17.3 Å². The number of aromatic carboxylic acids is 1. The highest BCUT2D eigenvalue weighted by molar-refractivity contribution is 5.95. The second-order valence-electron chi connectivity index (χ2n) is 4.54. The molecule has 0 amide bonds. The van der Waals surface area contributed by atoms with Gasteiger partial charge in [-0.25, -0.2) is 4.79 Å². The van der Waals surface area contributed by atoms with Gasteiger partial charge in [-0.2, -0.15) is 5.26 Å². The van der Waals surface area contributed by atoms with E-state index in [0.29, 0.717) is 5.56 Å². The summed E-state index contributed by atoms with van der Waals surface area (Å²) >= 11 is 0. The Labute approximate surface area is 115 Å². The minimum absolute atomic E-state index is 0.0897. The van der Waals surface area contributed by atoms with Gasteiger partial charge in [0.2, 0.25) is 0 Å². The molecule has 0 spiro atoms. The van der Waals surface area contributed by atoms with Crippen LogP contribution in [0.25, 0.3) is 11.3 Å². The van der Waals surface area contributed by atoms with E-state index >= 15 is 0 Å². The van der Waals surface area contributed by atoms with Gasteiger partial charge in [-0.05, 0) is 25.5 Å². The molecule has 1 heterocycles. The van der Waals surface area contributed by atoms with Gasteiger partial charge in [0.1, 0.15) is 11.6 Å². The molecule has 2 N–H and O–H groups in total. The highest BCUT2D eigenvalue weighted by Crippen LogP contribution is 2.25. The Hall–Kier alpha value is -2.87. The van der Waals surface area contributed by atoms with Crippen LogP contribution in [-0.4, -0.2) is 16.1 Å². The summed E-state index contributed by atoms with van der Waals surface area (Å²) in [4.78, 5) is 25.5. The van der Waals surface area contributed by atoms with Crippen molar-refractivity contribution < 1.29 is 9.90 Å². The summed E-state index contributed by atoms with van der Waals surface area (Å²) in [6, 6.07) is 8.29. The van der Waals surface area contributed by atoms with E-state index in [4.69, 9.17) is 5.26 Å². The van der Waals surface area contributed by atoms with Crippen LogP contribution in [0.15, 0.2) is 29.1 Å². The SMILES string of the molecule is Cc1ccc(-c2[nH]c(=O)c(C#N)cc2C(=O)O)c(C)c1. The lowest BCUT2D eigenvalue weighted by molar-refractivity contribution is 0.0697. The molecule has 0 fully saturated rings. The van der Waals surface area contributed by atoms with E-state index in [1.54, 1.807) is 12.1 Å². The first-order valence-corrected chi connectivity index (χ1v) is 5.92. The van der Waals surface area contributed by atoms with Crippen molar-refractivity contribution in [2.24, 2.45) is 0 Å². The van der Waals surface area contributed by atoms with Gasteiger partial charge in [-0.3, -0.25) is 4.79 Å². The molecule has 0 aliphatic rings. The Balaban J connectivity index is 2.80. The summed E-state index contributed by atoms with van der Waals surface area (Å²) in [5.74, 6) is -1.19. The number of nitrogens with zero attached hydrogens (tertiary/aromatic N) is 1. The largest absolute Gasteiger partial charge is 0.478 e. The number of nitriles is 1. The van der Waals surface area contributed by atoms with Crippen molar-refractivity contribution in [1.82, 2.24) is 4.98 Å². The molecule has 0 unspecified atom stereocenters. The monoisotopic (exact) mass is 268 g/mol. The van der Waals surface area contributed by atoms with Crippen molar-refractivity contribution >= 4 is 5.97 Å². The fourth-order valence-electron chi connectivity index (χ4n) is 2.09. The number of carboxylic acids is 1. The molecule has 5 nitrogen and oxygen atoms in total. The van der Waals surface area contributed by atoms with E-state index in [0.717, 1.165) is 17.2 Å². The zero-order chi connectivity index (χ0) is 14.9. The van der Waals surface area contributed by atoms with Crippen LogP contribution in [0.5, 0.6) is 0 Å². The summed E-state index contributed by atoms with van der Waals surface area (Å²) in [7, 11) is 0. The van der Waals surface area contributed by atoms with Gasteiger partial charge >= 0.3 is 5.97 Å². The van der Waals surface area contributed by atoms with Crippen molar-refractivity contribution in [2.75, 3.05) is 0 Å². The van der Waals surface area contributed by atoms with Gasteiger partial charge < -0.3 is 10.1 Å². The number of rotatable bonds is 2. The molecule has 2 rings (SSSR count). The third kappa shape index (κ3) is 2.31. The quantitative estimate of drug-likeness (QED) is 0.873. The zero-order valence-corrected chi connectivity index (χ0v) is 11.0. The first-order valence-electron chi connectivity index (χ1n) is 5.92. The second kappa shape index (κ2) is 5.02. The lowest BCUT2D eigenvalue weighted by Crippen LogP contribution is -2.15. The Morgan fingerprint density at radius 1 is 1.30 bits per heavy atom. The standard InChI is InChI=1S/C15H12N2O3/c1-8-3-4-11(9(2)5-8)13-12(15(19)20)6-10(7-16)14(18)17-13/h3-6H,1-2H3,(H,17,18)(H,19,20). The smallest absolute Gasteiger partial charge is 0.337 e. The fourth-order valence-corrected chi connectivity index (χ4v) is 2.09. The highest BCUT2D eigenvalue weighted by Gasteiger charge is 2.17. The molecule has 0 atom stereocenters. The van der Waals surface area contributed by atoms with Crippen LogP contribution >= 0.6 is 0 Å². The van der Waals surface area contributed by atoms with Crippen LogP contribution in [0, 0.1) is 25.2 Å².